The van der Waals surface area contributed by atoms with Crippen molar-refractivity contribution in [2.24, 2.45) is 0 Å². The van der Waals surface area contributed by atoms with Crippen molar-refractivity contribution in [3.05, 3.63) is 0 Å². The van der Waals surface area contributed by atoms with Crippen molar-refractivity contribution < 1.29 is 30.0 Å². The summed E-state index contributed by atoms with van der Waals surface area (Å²) < 4.78 is 18.6. The Morgan fingerprint density at radius 2 is 0.412 bits per heavy atom. The van der Waals surface area contributed by atoms with Gasteiger partial charge in [-0.3, -0.25) is 0 Å². The summed E-state index contributed by atoms with van der Waals surface area (Å²) in [7, 11) is -5.64. The molecule has 312 valence electrons. The normalized spacial score (nSPS) is 11.3. The van der Waals surface area contributed by atoms with E-state index in [1.807, 2.05) is 0 Å². The molecule has 0 saturated carbocycles. The van der Waals surface area contributed by atoms with Gasteiger partial charge in [-0.05, 0) is 25.7 Å². The molecule has 0 aromatic heterocycles. The van der Waals surface area contributed by atoms with E-state index in [4.69, 9.17) is 14.4 Å². The van der Waals surface area contributed by atoms with Crippen molar-refractivity contribution in [2.45, 2.75) is 271 Å². The molecule has 7 heteroatoms. The maximum atomic E-state index is 10.1. The SMILES string of the molecule is CCCCCCCCCCCCCCCCCCCCCC[NH3+].CCCCCCCCCCCCCCCCCCCCCC[NH3+].O=P([O-])([O-])F. The molecule has 0 atom stereocenters. The Morgan fingerprint density at radius 1 is 0.314 bits per heavy atom. The highest BCUT2D eigenvalue weighted by Gasteiger charge is 1.97. The van der Waals surface area contributed by atoms with Crippen molar-refractivity contribution >= 4 is 7.91 Å². The molecule has 0 fully saturated rings. The van der Waals surface area contributed by atoms with Crippen LogP contribution in [-0.2, 0) is 4.57 Å². The fraction of sp³-hybridized carbons (Fsp3) is 1.00. The lowest BCUT2D eigenvalue weighted by molar-refractivity contribution is -0.368. The zero-order valence-corrected chi connectivity index (χ0v) is 36.1. The van der Waals surface area contributed by atoms with Gasteiger partial charge >= 0.3 is 0 Å². The lowest BCUT2D eigenvalue weighted by atomic mass is 10.0. The van der Waals surface area contributed by atoms with Gasteiger partial charge in [-0.15, -0.1) is 0 Å². The van der Waals surface area contributed by atoms with Gasteiger partial charge in [0.2, 0.25) is 0 Å². The summed E-state index contributed by atoms with van der Waals surface area (Å²) in [5.41, 5.74) is 7.81. The van der Waals surface area contributed by atoms with Crippen LogP contribution in [0.1, 0.15) is 271 Å². The molecule has 0 aromatic rings. The highest BCUT2D eigenvalue weighted by atomic mass is 31.2. The molecular weight excluding hydrogens is 654 g/mol. The molecule has 0 aromatic carbocycles. The molecule has 0 aliphatic heterocycles. The van der Waals surface area contributed by atoms with Crippen molar-refractivity contribution in [1.82, 2.24) is 0 Å². The van der Waals surface area contributed by atoms with Gasteiger partial charge in [-0.1, -0.05) is 245 Å². The third-order valence-electron chi connectivity index (χ3n) is 10.2. The molecule has 0 amide bonds. The third kappa shape index (κ3) is 72.0. The van der Waals surface area contributed by atoms with E-state index in [2.05, 4.69) is 25.3 Å². The van der Waals surface area contributed by atoms with Gasteiger partial charge in [0, 0.05) is 0 Å². The Kier molecular flexibility index (Phi) is 56.5. The van der Waals surface area contributed by atoms with E-state index < -0.39 is 7.91 Å². The molecule has 0 spiro atoms. The highest BCUT2D eigenvalue weighted by molar-refractivity contribution is 7.42. The summed E-state index contributed by atoms with van der Waals surface area (Å²) in [6.45, 7) is 6.84. The number of unbranched alkanes of at least 4 members (excludes halogenated alkanes) is 38. The van der Waals surface area contributed by atoms with E-state index in [9.17, 15) is 4.20 Å². The van der Waals surface area contributed by atoms with Gasteiger partial charge in [0.05, 0.1) is 13.1 Å². The molecule has 51 heavy (non-hydrogen) atoms. The average Bonchev–Trinajstić information content (AvgIpc) is 3.10. The predicted octanol–water partition coefficient (Wildman–Crippen LogP) is 12.9. The van der Waals surface area contributed by atoms with Gasteiger partial charge in [-0.2, -0.15) is 0 Å². The minimum atomic E-state index is -5.64. The lowest BCUT2D eigenvalue weighted by Gasteiger charge is -2.15. The van der Waals surface area contributed by atoms with Crippen LogP contribution in [0.4, 0.5) is 4.20 Å². The molecule has 0 rings (SSSR count). The van der Waals surface area contributed by atoms with E-state index in [1.165, 1.54) is 257 Å². The monoisotopic (exact) mass is 751 g/mol. The van der Waals surface area contributed by atoms with E-state index in [0.717, 1.165) is 13.1 Å². The molecule has 0 radical (unpaired) electrons. The number of rotatable bonds is 40. The largest absolute Gasteiger partial charge is 0.786 e. The van der Waals surface area contributed by atoms with Crippen LogP contribution in [-0.4, -0.2) is 13.1 Å². The Morgan fingerprint density at radius 3 is 0.510 bits per heavy atom. The van der Waals surface area contributed by atoms with Crippen LogP contribution in [0.2, 0.25) is 0 Å². The Hall–Kier alpha value is -0.0000000000000000555. The molecule has 0 unspecified atom stereocenters. The lowest BCUT2D eigenvalue weighted by Crippen LogP contribution is -2.50. The van der Waals surface area contributed by atoms with Crippen LogP contribution < -0.4 is 21.3 Å². The Labute approximate surface area is 320 Å². The van der Waals surface area contributed by atoms with Crippen LogP contribution in [0.15, 0.2) is 0 Å². The van der Waals surface area contributed by atoms with Crippen LogP contribution in [0.5, 0.6) is 0 Å². The second kappa shape index (κ2) is 52.1. The molecule has 5 nitrogen and oxygen atoms in total. The Balaban J connectivity index is -0.000000796. The summed E-state index contributed by atoms with van der Waals surface area (Å²) in [5, 5.41) is 0. The van der Waals surface area contributed by atoms with Crippen LogP contribution in [0.25, 0.3) is 0 Å². The molecular formula is C44H96FN2O3P. The molecule has 0 saturated heterocycles. The molecule has 0 aliphatic rings. The second-order valence-corrected chi connectivity index (χ2v) is 16.4. The quantitative estimate of drug-likeness (QED) is 0.0479. The van der Waals surface area contributed by atoms with Crippen molar-refractivity contribution in [3.8, 4) is 0 Å². The smallest absolute Gasteiger partial charge is 0.110 e. The van der Waals surface area contributed by atoms with E-state index in [0.29, 0.717) is 0 Å². The first-order valence-electron chi connectivity index (χ1n) is 23.1. The zero-order chi connectivity index (χ0) is 38.2. The van der Waals surface area contributed by atoms with E-state index >= 15 is 0 Å². The molecule has 0 aliphatic carbocycles. The van der Waals surface area contributed by atoms with Gasteiger partial charge in [0.25, 0.3) is 0 Å². The van der Waals surface area contributed by atoms with Gasteiger partial charge < -0.3 is 25.8 Å². The maximum absolute atomic E-state index is 10.1. The third-order valence-corrected chi connectivity index (χ3v) is 10.2. The van der Waals surface area contributed by atoms with Crippen LogP contribution >= 0.6 is 7.91 Å². The first-order chi connectivity index (χ1) is 24.8. The van der Waals surface area contributed by atoms with Gasteiger partial charge in [0.1, 0.15) is 7.91 Å². The molecule has 6 N–H and O–H groups in total. The first kappa shape index (κ1) is 55.3. The summed E-state index contributed by atoms with van der Waals surface area (Å²) >= 11 is 0. The predicted molar refractivity (Wildman–Crippen MR) is 220 cm³/mol. The van der Waals surface area contributed by atoms with Gasteiger partial charge in [-0.25, -0.2) is 4.20 Å². The molecule has 0 bridgehead atoms. The fourth-order valence-electron chi connectivity index (χ4n) is 6.86. The number of quaternary nitrogens is 2. The maximum Gasteiger partial charge on any atom is 0.110 e. The average molecular weight is 751 g/mol. The highest BCUT2D eigenvalue weighted by Crippen LogP contribution is 2.22. The van der Waals surface area contributed by atoms with Crippen LogP contribution in [0.3, 0.4) is 0 Å². The Bertz CT molecular complexity index is 533. The topological polar surface area (TPSA) is 118 Å². The minimum Gasteiger partial charge on any atom is -0.786 e. The number of halogens is 1. The summed E-state index contributed by atoms with van der Waals surface area (Å²) in [6.07, 6.45) is 58.4. The minimum absolute atomic E-state index is 1.12. The van der Waals surface area contributed by atoms with Gasteiger partial charge in [0.15, 0.2) is 0 Å². The molecule has 0 heterocycles. The first-order valence-corrected chi connectivity index (χ1v) is 24.6. The van der Waals surface area contributed by atoms with Crippen molar-refractivity contribution in [3.63, 3.8) is 0 Å². The van der Waals surface area contributed by atoms with Crippen molar-refractivity contribution in [1.29, 1.82) is 0 Å². The van der Waals surface area contributed by atoms with Crippen molar-refractivity contribution in [2.75, 3.05) is 13.1 Å². The summed E-state index contributed by atoms with van der Waals surface area (Å²) in [4.78, 5) is 16.9. The second-order valence-electron chi connectivity index (χ2n) is 15.6. The zero-order valence-electron chi connectivity index (χ0n) is 35.2. The van der Waals surface area contributed by atoms with E-state index in [-0.39, 0.29) is 0 Å². The summed E-state index contributed by atoms with van der Waals surface area (Å²) in [6, 6.07) is 0. The number of hydrogen-bond donors (Lipinski definition) is 2. The fourth-order valence-corrected chi connectivity index (χ4v) is 6.86. The summed E-state index contributed by atoms with van der Waals surface area (Å²) in [5.74, 6) is 0. The standard InChI is InChI=1S/2C22H47N.FH2O3P/c2*1-2-3-4-5-6-7-8-9-10-11-12-13-14-15-16-17-18-19-20-21-22-23;1-5(2,3)4/h2*2-23H2,1H3;(H2,2,3,4). The van der Waals surface area contributed by atoms with E-state index in [1.54, 1.807) is 0 Å². The number of hydrogen-bond acceptors (Lipinski definition) is 3. The van der Waals surface area contributed by atoms with Crippen LogP contribution in [0, 0.1) is 0 Å².